The quantitative estimate of drug-likeness (QED) is 0.170. The summed E-state index contributed by atoms with van der Waals surface area (Å²) < 4.78 is 9.41. The molecule has 11 aromatic rings. The molecule has 55 heavy (non-hydrogen) atoms. The Morgan fingerprint density at radius 1 is 0.364 bits per heavy atom. The molecule has 0 radical (unpaired) electrons. The van der Waals surface area contributed by atoms with Crippen LogP contribution in [0.15, 0.2) is 205 Å². The smallest absolute Gasteiger partial charge is 0.138 e. The van der Waals surface area contributed by atoms with Crippen molar-refractivity contribution in [2.75, 3.05) is 4.90 Å². The Balaban J connectivity index is 1.11. The second-order valence-electron chi connectivity index (χ2n) is 14.1. The molecule has 0 saturated heterocycles. The van der Waals surface area contributed by atoms with Gasteiger partial charge in [0.2, 0.25) is 0 Å². The Morgan fingerprint density at radius 3 is 1.69 bits per heavy atom. The van der Waals surface area contributed by atoms with Crippen LogP contribution >= 0.6 is 11.3 Å². The predicted octanol–water partition coefficient (Wildman–Crippen LogP) is 15.6. The monoisotopic (exact) mass is 719 g/mol. The maximum absolute atomic E-state index is 6.78. The summed E-state index contributed by atoms with van der Waals surface area (Å²) in [4.78, 5) is 2.36. The van der Waals surface area contributed by atoms with Crippen molar-refractivity contribution in [2.45, 2.75) is 0 Å². The van der Waals surface area contributed by atoms with Crippen molar-refractivity contribution in [3.63, 3.8) is 0 Å². The minimum atomic E-state index is 0.862. The van der Waals surface area contributed by atoms with Crippen molar-refractivity contribution in [3.8, 4) is 33.4 Å². The summed E-state index contributed by atoms with van der Waals surface area (Å²) in [5.41, 5.74) is 12.0. The van der Waals surface area contributed by atoms with Gasteiger partial charge in [-0.15, -0.1) is 11.3 Å². The van der Waals surface area contributed by atoms with Crippen LogP contribution in [0.2, 0.25) is 0 Å². The van der Waals surface area contributed by atoms with E-state index in [1.54, 1.807) is 0 Å². The highest BCUT2D eigenvalue weighted by molar-refractivity contribution is 7.26. The first-order valence-electron chi connectivity index (χ1n) is 18.7. The highest BCUT2D eigenvalue weighted by Crippen LogP contribution is 2.46. The molecule has 2 heterocycles. The average Bonchev–Trinajstić information content (AvgIpc) is 3.82. The lowest BCUT2D eigenvalue weighted by molar-refractivity contribution is 0.669. The van der Waals surface area contributed by atoms with Crippen LogP contribution in [0.25, 0.3) is 86.3 Å². The molecule has 2 aromatic heterocycles. The molecule has 2 nitrogen and oxygen atoms in total. The molecule has 0 N–H and O–H groups in total. The van der Waals surface area contributed by atoms with Crippen molar-refractivity contribution in [2.24, 2.45) is 0 Å². The van der Waals surface area contributed by atoms with Crippen molar-refractivity contribution in [1.82, 2.24) is 0 Å². The maximum Gasteiger partial charge on any atom is 0.138 e. The Hall–Kier alpha value is -6.94. The average molecular weight is 720 g/mol. The summed E-state index contributed by atoms with van der Waals surface area (Å²) >= 11 is 1.87. The Bertz CT molecular complexity index is 3180. The van der Waals surface area contributed by atoms with E-state index < -0.39 is 0 Å². The number of hydrogen-bond donors (Lipinski definition) is 0. The van der Waals surface area contributed by atoms with Gasteiger partial charge in [0.15, 0.2) is 0 Å². The molecular weight excluding hydrogens is 687 g/mol. The second kappa shape index (κ2) is 12.9. The molecule has 0 spiro atoms. The van der Waals surface area contributed by atoms with E-state index in [1.807, 2.05) is 11.3 Å². The van der Waals surface area contributed by atoms with Crippen LogP contribution in [0.3, 0.4) is 0 Å². The normalized spacial score (nSPS) is 11.6. The van der Waals surface area contributed by atoms with Gasteiger partial charge >= 0.3 is 0 Å². The van der Waals surface area contributed by atoms with Gasteiger partial charge in [0, 0.05) is 48.4 Å². The summed E-state index contributed by atoms with van der Waals surface area (Å²) in [5, 5.41) is 7.24. The zero-order chi connectivity index (χ0) is 36.3. The minimum Gasteiger partial charge on any atom is -0.456 e. The van der Waals surface area contributed by atoms with E-state index in [9.17, 15) is 0 Å². The number of thiophene rings is 1. The molecule has 0 aliphatic heterocycles. The van der Waals surface area contributed by atoms with Gasteiger partial charge in [-0.1, -0.05) is 146 Å². The maximum atomic E-state index is 6.78. The van der Waals surface area contributed by atoms with Gasteiger partial charge in [0.05, 0.1) is 5.69 Å². The lowest BCUT2D eigenvalue weighted by atomic mass is 9.97. The molecule has 11 rings (SSSR count). The number of hydrogen-bond acceptors (Lipinski definition) is 3. The summed E-state index contributed by atoms with van der Waals surface area (Å²) in [6, 6.07) is 72.1. The van der Waals surface area contributed by atoms with Gasteiger partial charge in [0.25, 0.3) is 0 Å². The topological polar surface area (TPSA) is 16.4 Å². The molecule has 258 valence electrons. The molecule has 3 heteroatoms. The number of fused-ring (bicyclic) bond motifs is 7. The molecule has 0 fully saturated rings. The standard InChI is InChI=1S/C52H33NOS/c1-3-12-34(13-4-1)35-22-26-40(27-23-35)53(41-28-24-37(25-29-41)43-19-11-20-45-44-18-9-10-21-50(44)55-52(43)45)42-32-46(36-14-5-2-6-15-36)51-47-30-38-16-7-8-17-39(38)31-48(47)54-49(51)33-42/h1-33H. The van der Waals surface area contributed by atoms with E-state index in [0.717, 1.165) is 50.1 Å². The third kappa shape index (κ3) is 5.40. The highest BCUT2D eigenvalue weighted by atomic mass is 32.1. The van der Waals surface area contributed by atoms with Crippen LogP contribution < -0.4 is 4.90 Å². The molecule has 0 amide bonds. The van der Waals surface area contributed by atoms with Crippen LogP contribution in [0, 0.1) is 0 Å². The molecule has 0 aliphatic rings. The van der Waals surface area contributed by atoms with E-state index in [-0.39, 0.29) is 0 Å². The van der Waals surface area contributed by atoms with E-state index in [1.165, 1.54) is 53.2 Å². The minimum absolute atomic E-state index is 0.862. The molecule has 0 saturated carbocycles. The zero-order valence-electron chi connectivity index (χ0n) is 29.8. The van der Waals surface area contributed by atoms with Crippen molar-refractivity contribution >= 4 is 81.3 Å². The fourth-order valence-electron chi connectivity index (χ4n) is 8.20. The van der Waals surface area contributed by atoms with Gasteiger partial charge in [-0.25, -0.2) is 0 Å². The SMILES string of the molecule is c1ccc(-c2ccc(N(c3ccc(-c4cccc5c4sc4ccccc45)cc3)c3cc(-c4ccccc4)c4c(c3)oc3cc5ccccc5cc34)cc2)cc1. The summed E-state index contributed by atoms with van der Waals surface area (Å²) in [6.45, 7) is 0. The van der Waals surface area contributed by atoms with Gasteiger partial charge in [-0.05, 0) is 92.7 Å². The molecule has 0 bridgehead atoms. The number of benzene rings is 9. The van der Waals surface area contributed by atoms with Crippen molar-refractivity contribution in [1.29, 1.82) is 0 Å². The van der Waals surface area contributed by atoms with Crippen LogP contribution in [0.5, 0.6) is 0 Å². The van der Waals surface area contributed by atoms with Crippen molar-refractivity contribution in [3.05, 3.63) is 200 Å². The highest BCUT2D eigenvalue weighted by Gasteiger charge is 2.21. The van der Waals surface area contributed by atoms with Gasteiger partial charge in [-0.3, -0.25) is 0 Å². The van der Waals surface area contributed by atoms with Gasteiger partial charge < -0.3 is 9.32 Å². The molecule has 9 aromatic carbocycles. The lowest BCUT2D eigenvalue weighted by Crippen LogP contribution is -2.10. The van der Waals surface area contributed by atoms with Crippen LogP contribution in [0.1, 0.15) is 0 Å². The first kappa shape index (κ1) is 31.6. The summed E-state index contributed by atoms with van der Waals surface area (Å²) in [7, 11) is 0. The van der Waals surface area contributed by atoms with Crippen LogP contribution in [-0.4, -0.2) is 0 Å². The zero-order valence-corrected chi connectivity index (χ0v) is 30.6. The Kier molecular flexibility index (Phi) is 7.39. The number of furan rings is 1. The summed E-state index contributed by atoms with van der Waals surface area (Å²) in [5.74, 6) is 0. The number of nitrogens with zero attached hydrogens (tertiary/aromatic N) is 1. The third-order valence-corrected chi connectivity index (χ3v) is 12.1. The van der Waals surface area contributed by atoms with E-state index in [2.05, 4.69) is 205 Å². The van der Waals surface area contributed by atoms with E-state index in [0.29, 0.717) is 0 Å². The third-order valence-electron chi connectivity index (χ3n) is 10.8. The summed E-state index contributed by atoms with van der Waals surface area (Å²) in [6.07, 6.45) is 0. The molecule has 0 atom stereocenters. The van der Waals surface area contributed by atoms with Crippen LogP contribution in [-0.2, 0) is 0 Å². The van der Waals surface area contributed by atoms with Crippen molar-refractivity contribution < 1.29 is 4.42 Å². The molecule has 0 aliphatic carbocycles. The van der Waals surface area contributed by atoms with Gasteiger partial charge in [0.1, 0.15) is 11.2 Å². The fourth-order valence-corrected chi connectivity index (χ4v) is 9.44. The van der Waals surface area contributed by atoms with E-state index >= 15 is 0 Å². The first-order valence-corrected chi connectivity index (χ1v) is 19.5. The Labute approximate surface area is 322 Å². The first-order chi connectivity index (χ1) is 27.2. The molecule has 0 unspecified atom stereocenters. The number of rotatable bonds is 6. The largest absolute Gasteiger partial charge is 0.456 e. The lowest BCUT2D eigenvalue weighted by Gasteiger charge is -2.27. The predicted molar refractivity (Wildman–Crippen MR) is 235 cm³/mol. The van der Waals surface area contributed by atoms with Gasteiger partial charge in [-0.2, -0.15) is 0 Å². The Morgan fingerprint density at radius 2 is 0.945 bits per heavy atom. The number of anilines is 3. The second-order valence-corrected chi connectivity index (χ2v) is 15.2. The van der Waals surface area contributed by atoms with Crippen LogP contribution in [0.4, 0.5) is 17.1 Å². The molecular formula is C52H33NOS. The fraction of sp³-hybridized carbons (Fsp3) is 0. The van der Waals surface area contributed by atoms with E-state index in [4.69, 9.17) is 4.42 Å².